The van der Waals surface area contributed by atoms with E-state index in [-0.39, 0.29) is 11.4 Å². The number of nitrogens with one attached hydrogen (secondary N) is 2. The maximum Gasteiger partial charge on any atom is 0.326 e. The van der Waals surface area contributed by atoms with Crippen LogP contribution in [0.4, 0.5) is 10.5 Å². The molecular formula is C14H9ClN4O4. The first-order valence-corrected chi connectivity index (χ1v) is 6.75. The van der Waals surface area contributed by atoms with Crippen LogP contribution >= 0.6 is 11.6 Å². The highest BCUT2D eigenvalue weighted by Crippen LogP contribution is 2.09. The molecule has 3 aromatic heterocycles. The number of pyridine rings is 1. The van der Waals surface area contributed by atoms with Crippen molar-refractivity contribution in [1.29, 1.82) is 0 Å². The average molecular weight is 333 g/mol. The number of urea groups is 1. The van der Waals surface area contributed by atoms with E-state index >= 15 is 0 Å². The number of imide groups is 1. The Morgan fingerprint density at radius 3 is 2.83 bits per heavy atom. The minimum Gasteiger partial charge on any atom is -0.459 e. The molecule has 3 heterocycles. The number of hydrogen-bond donors (Lipinski definition) is 2. The first-order valence-electron chi connectivity index (χ1n) is 6.37. The molecule has 3 amide bonds. The molecule has 116 valence electrons. The van der Waals surface area contributed by atoms with Crippen molar-refractivity contribution in [3.05, 3.63) is 64.1 Å². The number of aromatic nitrogens is 2. The third-order valence-corrected chi connectivity index (χ3v) is 3.11. The second-order valence-corrected chi connectivity index (χ2v) is 4.87. The van der Waals surface area contributed by atoms with E-state index < -0.39 is 17.5 Å². The van der Waals surface area contributed by atoms with E-state index in [9.17, 15) is 14.4 Å². The highest BCUT2D eigenvalue weighted by molar-refractivity contribution is 6.30. The van der Waals surface area contributed by atoms with Crippen molar-refractivity contribution in [2.45, 2.75) is 0 Å². The summed E-state index contributed by atoms with van der Waals surface area (Å²) in [6.45, 7) is 0. The third kappa shape index (κ3) is 3.06. The lowest BCUT2D eigenvalue weighted by Crippen LogP contribution is -2.36. The standard InChI is InChI=1S/C14H9ClN4O4/c15-8-3-4-11-16-6-9(13(21)19(11)7-8)17-14(22)18-12(20)10-2-1-5-23-10/h1-7H,(H2,17,18,20,22). The normalized spacial score (nSPS) is 10.5. The Morgan fingerprint density at radius 2 is 2.09 bits per heavy atom. The monoisotopic (exact) mass is 332 g/mol. The number of amides is 3. The molecule has 0 bridgehead atoms. The lowest BCUT2D eigenvalue weighted by Gasteiger charge is -2.06. The van der Waals surface area contributed by atoms with Gasteiger partial charge in [0.1, 0.15) is 11.3 Å². The lowest BCUT2D eigenvalue weighted by atomic mass is 10.4. The number of fused-ring (bicyclic) bond motifs is 1. The van der Waals surface area contributed by atoms with Crippen LogP contribution in [0.3, 0.4) is 0 Å². The average Bonchev–Trinajstić information content (AvgIpc) is 3.05. The first-order chi connectivity index (χ1) is 11.0. The van der Waals surface area contributed by atoms with Crippen LogP contribution in [0.25, 0.3) is 5.65 Å². The summed E-state index contributed by atoms with van der Waals surface area (Å²) in [5.41, 5.74) is -0.260. The minimum absolute atomic E-state index is 0.0275. The van der Waals surface area contributed by atoms with Gasteiger partial charge in [0.15, 0.2) is 5.76 Å². The molecule has 0 saturated heterocycles. The summed E-state index contributed by atoms with van der Waals surface area (Å²) in [6, 6.07) is 5.18. The summed E-state index contributed by atoms with van der Waals surface area (Å²) in [5, 5.41) is 4.64. The van der Waals surface area contributed by atoms with E-state index in [0.717, 1.165) is 0 Å². The quantitative estimate of drug-likeness (QED) is 0.745. The van der Waals surface area contributed by atoms with Crippen LogP contribution in [0.5, 0.6) is 0 Å². The molecule has 0 saturated carbocycles. The van der Waals surface area contributed by atoms with Gasteiger partial charge in [-0.2, -0.15) is 0 Å². The summed E-state index contributed by atoms with van der Waals surface area (Å²) in [5.74, 6) is -0.760. The van der Waals surface area contributed by atoms with E-state index in [0.29, 0.717) is 10.7 Å². The molecule has 0 aromatic carbocycles. The highest BCUT2D eigenvalue weighted by atomic mass is 35.5. The predicted octanol–water partition coefficient (Wildman–Crippen LogP) is 1.90. The van der Waals surface area contributed by atoms with Crippen molar-refractivity contribution < 1.29 is 14.0 Å². The largest absolute Gasteiger partial charge is 0.459 e. The van der Waals surface area contributed by atoms with Crippen molar-refractivity contribution in [3.63, 3.8) is 0 Å². The van der Waals surface area contributed by atoms with Crippen LogP contribution in [0.15, 0.2) is 52.1 Å². The molecule has 3 rings (SSSR count). The Labute approximate surface area is 133 Å². The van der Waals surface area contributed by atoms with Gasteiger partial charge in [0.2, 0.25) is 0 Å². The van der Waals surface area contributed by atoms with Gasteiger partial charge in [-0.05, 0) is 24.3 Å². The summed E-state index contributed by atoms with van der Waals surface area (Å²) in [6.07, 6.45) is 3.88. The number of furan rings is 1. The van der Waals surface area contributed by atoms with Crippen molar-refractivity contribution in [2.24, 2.45) is 0 Å². The third-order valence-electron chi connectivity index (χ3n) is 2.89. The smallest absolute Gasteiger partial charge is 0.326 e. The van der Waals surface area contributed by atoms with Crippen molar-refractivity contribution in [1.82, 2.24) is 14.7 Å². The molecule has 8 nitrogen and oxygen atoms in total. The Morgan fingerprint density at radius 1 is 1.26 bits per heavy atom. The maximum absolute atomic E-state index is 12.2. The summed E-state index contributed by atoms with van der Waals surface area (Å²) in [4.78, 5) is 39.7. The van der Waals surface area contributed by atoms with Gasteiger partial charge in [-0.1, -0.05) is 11.6 Å². The molecule has 0 atom stereocenters. The Bertz CT molecular complexity index is 949. The van der Waals surface area contributed by atoms with Gasteiger partial charge in [-0.15, -0.1) is 0 Å². The van der Waals surface area contributed by atoms with Gasteiger partial charge < -0.3 is 9.73 Å². The molecule has 0 aliphatic rings. The van der Waals surface area contributed by atoms with Gasteiger partial charge in [-0.3, -0.25) is 19.3 Å². The molecule has 0 radical (unpaired) electrons. The van der Waals surface area contributed by atoms with E-state index in [1.165, 1.54) is 35.2 Å². The molecule has 2 N–H and O–H groups in total. The molecular weight excluding hydrogens is 324 g/mol. The first kappa shape index (κ1) is 14.8. The fraction of sp³-hybridized carbons (Fsp3) is 0. The Hall–Kier alpha value is -3.13. The zero-order valence-electron chi connectivity index (χ0n) is 11.4. The maximum atomic E-state index is 12.2. The number of hydrogen-bond acceptors (Lipinski definition) is 5. The van der Waals surface area contributed by atoms with Crippen molar-refractivity contribution in [2.75, 3.05) is 5.32 Å². The molecule has 23 heavy (non-hydrogen) atoms. The number of anilines is 1. The minimum atomic E-state index is -0.882. The lowest BCUT2D eigenvalue weighted by molar-refractivity contribution is 0.0940. The van der Waals surface area contributed by atoms with Crippen molar-refractivity contribution >= 4 is 34.9 Å². The van der Waals surface area contributed by atoms with Crippen LogP contribution in [-0.2, 0) is 0 Å². The molecule has 0 fully saturated rings. The number of carbonyl (C=O) groups excluding carboxylic acids is 2. The molecule has 0 unspecified atom stereocenters. The van der Waals surface area contributed by atoms with Crippen molar-refractivity contribution in [3.8, 4) is 0 Å². The number of nitrogens with zero attached hydrogens (tertiary/aromatic N) is 2. The van der Waals surface area contributed by atoms with E-state index in [1.54, 1.807) is 12.1 Å². The summed E-state index contributed by atoms with van der Waals surface area (Å²) in [7, 11) is 0. The zero-order valence-corrected chi connectivity index (χ0v) is 12.2. The van der Waals surface area contributed by atoms with E-state index in [4.69, 9.17) is 16.0 Å². The van der Waals surface area contributed by atoms with E-state index in [1.807, 2.05) is 5.32 Å². The Balaban J connectivity index is 1.81. The van der Waals surface area contributed by atoms with Crippen LogP contribution in [0, 0.1) is 0 Å². The second kappa shape index (κ2) is 5.93. The van der Waals surface area contributed by atoms with Crippen LogP contribution in [0.1, 0.15) is 10.6 Å². The molecule has 0 spiro atoms. The molecule has 3 aromatic rings. The highest BCUT2D eigenvalue weighted by Gasteiger charge is 2.14. The van der Waals surface area contributed by atoms with Crippen LogP contribution in [0.2, 0.25) is 5.02 Å². The number of rotatable bonds is 2. The fourth-order valence-corrected chi connectivity index (χ4v) is 2.02. The number of halogens is 1. The SMILES string of the molecule is O=C(NC(=O)c1ccco1)Nc1cnc2ccc(Cl)cn2c1=O. The van der Waals surface area contributed by atoms with Crippen LogP contribution < -0.4 is 16.2 Å². The number of carbonyl (C=O) groups is 2. The van der Waals surface area contributed by atoms with Gasteiger partial charge in [0.05, 0.1) is 17.5 Å². The molecule has 9 heteroatoms. The summed E-state index contributed by atoms with van der Waals surface area (Å²) >= 11 is 5.83. The molecule has 0 aliphatic carbocycles. The zero-order chi connectivity index (χ0) is 16.4. The van der Waals surface area contributed by atoms with Gasteiger partial charge in [-0.25, -0.2) is 9.78 Å². The molecule has 0 aliphatic heterocycles. The van der Waals surface area contributed by atoms with Gasteiger partial charge in [0.25, 0.3) is 11.5 Å². The fourth-order valence-electron chi connectivity index (χ4n) is 1.86. The van der Waals surface area contributed by atoms with Gasteiger partial charge in [0, 0.05) is 6.20 Å². The second-order valence-electron chi connectivity index (χ2n) is 4.44. The van der Waals surface area contributed by atoms with E-state index in [2.05, 4.69) is 10.3 Å². The Kier molecular flexibility index (Phi) is 3.82. The summed E-state index contributed by atoms with van der Waals surface area (Å²) < 4.78 is 6.04. The predicted molar refractivity (Wildman–Crippen MR) is 81.7 cm³/mol. The van der Waals surface area contributed by atoms with Gasteiger partial charge >= 0.3 is 6.03 Å². The topological polar surface area (TPSA) is 106 Å². The van der Waals surface area contributed by atoms with Crippen LogP contribution in [-0.4, -0.2) is 21.3 Å².